The number of para-hydroxylation sites is 1. The number of fused-ring (bicyclic) bond motifs is 1. The molecular weight excluding hydrogens is 304 g/mol. The van der Waals surface area contributed by atoms with Gasteiger partial charge in [0.1, 0.15) is 5.75 Å². The van der Waals surface area contributed by atoms with Gasteiger partial charge >= 0.3 is 0 Å². The van der Waals surface area contributed by atoms with E-state index in [1.54, 1.807) is 36.7 Å². The van der Waals surface area contributed by atoms with E-state index in [-0.39, 0.29) is 5.78 Å². The molecule has 0 aliphatic carbocycles. The van der Waals surface area contributed by atoms with Crippen LogP contribution < -0.4 is 4.74 Å². The van der Waals surface area contributed by atoms with E-state index in [1.165, 1.54) is 10.1 Å². The average molecular weight is 324 g/mol. The van der Waals surface area contributed by atoms with Crippen molar-refractivity contribution in [2.24, 2.45) is 0 Å². The maximum Gasteiger partial charge on any atom is 0.189 e. The van der Waals surface area contributed by atoms with E-state index in [0.29, 0.717) is 11.3 Å². The second kappa shape index (κ2) is 8.30. The SMILES string of the molecule is CC.COc1ccccc1C(=O)/C=C/c1ccc2sccc2c1. The molecule has 23 heavy (non-hydrogen) atoms. The fraction of sp³-hybridized carbons (Fsp3) is 0.150. The van der Waals surface area contributed by atoms with E-state index in [4.69, 9.17) is 4.74 Å². The number of thiophene rings is 1. The Bertz CT molecular complexity index is 815. The van der Waals surface area contributed by atoms with Crippen molar-refractivity contribution in [1.82, 2.24) is 0 Å². The van der Waals surface area contributed by atoms with Crippen LogP contribution in [0, 0.1) is 0 Å². The van der Waals surface area contributed by atoms with Crippen LogP contribution in [0.1, 0.15) is 29.8 Å². The summed E-state index contributed by atoms with van der Waals surface area (Å²) in [7, 11) is 1.57. The van der Waals surface area contributed by atoms with Gasteiger partial charge in [-0.3, -0.25) is 4.79 Å². The Balaban J connectivity index is 0.000000924. The van der Waals surface area contributed by atoms with Crippen LogP contribution in [-0.2, 0) is 0 Å². The van der Waals surface area contributed by atoms with Crippen LogP contribution in [0.25, 0.3) is 16.2 Å². The van der Waals surface area contributed by atoms with Crippen molar-refractivity contribution < 1.29 is 9.53 Å². The Morgan fingerprint density at radius 3 is 2.65 bits per heavy atom. The maximum atomic E-state index is 12.2. The zero-order valence-electron chi connectivity index (χ0n) is 13.6. The monoisotopic (exact) mass is 324 g/mol. The summed E-state index contributed by atoms with van der Waals surface area (Å²) < 4.78 is 6.47. The third-order valence-corrected chi connectivity index (χ3v) is 4.17. The quantitative estimate of drug-likeness (QED) is 0.445. The number of benzene rings is 2. The molecule has 0 bridgehead atoms. The highest BCUT2D eigenvalue weighted by Gasteiger charge is 2.07. The van der Waals surface area contributed by atoms with Crippen molar-refractivity contribution in [1.29, 1.82) is 0 Å². The third kappa shape index (κ3) is 4.08. The van der Waals surface area contributed by atoms with Crippen LogP contribution in [0.5, 0.6) is 5.75 Å². The summed E-state index contributed by atoms with van der Waals surface area (Å²) in [6.45, 7) is 4.00. The largest absolute Gasteiger partial charge is 0.496 e. The van der Waals surface area contributed by atoms with E-state index < -0.39 is 0 Å². The van der Waals surface area contributed by atoms with E-state index in [1.807, 2.05) is 38.1 Å². The van der Waals surface area contributed by atoms with Gasteiger partial charge in [-0.05, 0) is 52.7 Å². The maximum absolute atomic E-state index is 12.2. The molecule has 0 amide bonds. The third-order valence-electron chi connectivity index (χ3n) is 3.28. The summed E-state index contributed by atoms with van der Waals surface area (Å²) in [6.07, 6.45) is 3.43. The summed E-state index contributed by atoms with van der Waals surface area (Å²) in [4.78, 5) is 12.2. The fourth-order valence-electron chi connectivity index (χ4n) is 2.20. The Hall–Kier alpha value is -2.39. The van der Waals surface area contributed by atoms with Gasteiger partial charge < -0.3 is 4.74 Å². The van der Waals surface area contributed by atoms with Crippen LogP contribution in [0.15, 0.2) is 60.0 Å². The first kappa shape index (κ1) is 17.0. The average Bonchev–Trinajstić information content (AvgIpc) is 3.09. The minimum Gasteiger partial charge on any atom is -0.496 e. The van der Waals surface area contributed by atoms with Crippen LogP contribution in [-0.4, -0.2) is 12.9 Å². The van der Waals surface area contributed by atoms with Gasteiger partial charge in [0.25, 0.3) is 0 Å². The topological polar surface area (TPSA) is 26.3 Å². The van der Waals surface area contributed by atoms with Crippen LogP contribution in [0.2, 0.25) is 0 Å². The van der Waals surface area contributed by atoms with Crippen LogP contribution in [0.4, 0.5) is 0 Å². The highest BCUT2D eigenvalue weighted by molar-refractivity contribution is 7.17. The molecule has 3 rings (SSSR count). The van der Waals surface area contributed by atoms with Crippen molar-refractivity contribution in [3.8, 4) is 5.75 Å². The van der Waals surface area contributed by atoms with Crippen molar-refractivity contribution in [2.75, 3.05) is 7.11 Å². The molecule has 0 saturated heterocycles. The molecule has 2 aromatic carbocycles. The number of carbonyl (C=O) groups is 1. The number of ether oxygens (including phenoxy) is 1. The molecule has 0 unspecified atom stereocenters. The van der Waals surface area contributed by atoms with Gasteiger partial charge in [0.05, 0.1) is 12.7 Å². The highest BCUT2D eigenvalue weighted by Crippen LogP contribution is 2.23. The molecule has 0 aliphatic rings. The van der Waals surface area contributed by atoms with E-state index in [9.17, 15) is 4.79 Å². The number of allylic oxidation sites excluding steroid dienone is 1. The number of carbonyl (C=O) groups excluding carboxylic acids is 1. The standard InChI is InChI=1S/C18H14O2S.C2H6/c1-20-17-5-3-2-4-15(17)16(19)8-6-13-7-9-18-14(12-13)10-11-21-18;1-2/h2-12H,1H3;1-2H3/b8-6+;. The lowest BCUT2D eigenvalue weighted by atomic mass is 10.1. The zero-order chi connectivity index (χ0) is 16.7. The molecule has 1 heterocycles. The van der Waals surface area contributed by atoms with Crippen LogP contribution in [0.3, 0.4) is 0 Å². The number of ketones is 1. The summed E-state index contributed by atoms with van der Waals surface area (Å²) in [6, 6.07) is 15.5. The van der Waals surface area contributed by atoms with E-state index >= 15 is 0 Å². The van der Waals surface area contributed by atoms with Crippen molar-refractivity contribution >= 4 is 33.3 Å². The molecule has 0 aliphatic heterocycles. The Morgan fingerprint density at radius 2 is 1.87 bits per heavy atom. The first-order valence-electron chi connectivity index (χ1n) is 7.60. The molecule has 0 spiro atoms. The minimum absolute atomic E-state index is 0.0575. The van der Waals surface area contributed by atoms with Gasteiger partial charge in [-0.1, -0.05) is 38.1 Å². The smallest absolute Gasteiger partial charge is 0.189 e. The second-order valence-electron chi connectivity index (χ2n) is 4.62. The first-order valence-corrected chi connectivity index (χ1v) is 8.48. The molecule has 3 heteroatoms. The Kier molecular flexibility index (Phi) is 6.12. The van der Waals surface area contributed by atoms with Gasteiger partial charge in [-0.25, -0.2) is 0 Å². The number of rotatable bonds is 4. The molecular formula is C20H20O2S. The summed E-state index contributed by atoms with van der Waals surface area (Å²) in [5, 5.41) is 3.27. The minimum atomic E-state index is -0.0575. The second-order valence-corrected chi connectivity index (χ2v) is 5.56. The molecule has 2 nitrogen and oxygen atoms in total. The van der Waals surface area contributed by atoms with Crippen LogP contribution >= 0.6 is 11.3 Å². The predicted molar refractivity (Wildman–Crippen MR) is 99.5 cm³/mol. The summed E-state index contributed by atoms with van der Waals surface area (Å²) in [5.41, 5.74) is 1.59. The zero-order valence-corrected chi connectivity index (χ0v) is 14.4. The van der Waals surface area contributed by atoms with Gasteiger partial charge in [0.15, 0.2) is 5.78 Å². The molecule has 0 atom stereocenters. The molecule has 118 valence electrons. The van der Waals surface area contributed by atoms with Crippen molar-refractivity contribution in [3.63, 3.8) is 0 Å². The van der Waals surface area contributed by atoms with Gasteiger partial charge in [-0.2, -0.15) is 0 Å². The van der Waals surface area contributed by atoms with Gasteiger partial charge in [-0.15, -0.1) is 11.3 Å². The number of hydrogen-bond donors (Lipinski definition) is 0. The van der Waals surface area contributed by atoms with E-state index in [0.717, 1.165) is 5.56 Å². The lowest BCUT2D eigenvalue weighted by molar-refractivity contribution is 0.104. The highest BCUT2D eigenvalue weighted by atomic mass is 32.1. The lowest BCUT2D eigenvalue weighted by Crippen LogP contribution is -1.98. The lowest BCUT2D eigenvalue weighted by Gasteiger charge is -2.04. The molecule has 3 aromatic rings. The van der Waals surface area contributed by atoms with Gasteiger partial charge in [0.2, 0.25) is 0 Å². The molecule has 0 fully saturated rings. The van der Waals surface area contributed by atoms with Gasteiger partial charge in [0, 0.05) is 4.70 Å². The number of methoxy groups -OCH3 is 1. The predicted octanol–water partition coefficient (Wildman–Crippen LogP) is 5.83. The van der Waals surface area contributed by atoms with Crippen molar-refractivity contribution in [2.45, 2.75) is 13.8 Å². The fourth-order valence-corrected chi connectivity index (χ4v) is 2.97. The normalized spacial score (nSPS) is 10.4. The molecule has 1 aromatic heterocycles. The molecule has 0 N–H and O–H groups in total. The Morgan fingerprint density at radius 1 is 1.09 bits per heavy atom. The summed E-state index contributed by atoms with van der Waals surface area (Å²) >= 11 is 1.71. The van der Waals surface area contributed by atoms with Crippen molar-refractivity contribution in [3.05, 3.63) is 71.1 Å². The molecule has 0 radical (unpaired) electrons. The summed E-state index contributed by atoms with van der Waals surface area (Å²) in [5.74, 6) is 0.540. The number of hydrogen-bond acceptors (Lipinski definition) is 3. The first-order chi connectivity index (χ1) is 11.3. The Labute approximate surface area is 141 Å². The molecule has 0 saturated carbocycles. The van der Waals surface area contributed by atoms with E-state index in [2.05, 4.69) is 23.6 Å².